The first-order valence-corrected chi connectivity index (χ1v) is 13.6. The van der Waals surface area contributed by atoms with Gasteiger partial charge in [0.15, 0.2) is 5.69 Å². The number of H-pyrrole nitrogens is 1. The van der Waals surface area contributed by atoms with E-state index in [9.17, 15) is 22.8 Å². The van der Waals surface area contributed by atoms with Gasteiger partial charge in [-0.2, -0.15) is 5.10 Å². The summed E-state index contributed by atoms with van der Waals surface area (Å²) in [5.74, 6) is -1.50. The zero-order chi connectivity index (χ0) is 28.1. The maximum atomic E-state index is 13.8. The van der Waals surface area contributed by atoms with E-state index >= 15 is 0 Å². The monoisotopic (exact) mass is 553 g/mol. The van der Waals surface area contributed by atoms with Crippen LogP contribution in [0.15, 0.2) is 119 Å². The molecule has 0 saturated heterocycles. The molecule has 0 aliphatic rings. The van der Waals surface area contributed by atoms with Gasteiger partial charge in [0.25, 0.3) is 27.4 Å². The SMILES string of the molecule is O=C(NNC(=O)c1n[nH]c(=O)c2ccccc12)c1cccc(S(=O)(=O)N(Cc2ccccc2)c2ccccc2)c1. The lowest BCUT2D eigenvalue weighted by molar-refractivity contribution is 0.0844. The van der Waals surface area contributed by atoms with Gasteiger partial charge in [-0.15, -0.1) is 0 Å². The Bertz CT molecular complexity index is 1860. The minimum Gasteiger partial charge on any atom is -0.267 e. The number of benzene rings is 4. The number of rotatable bonds is 7. The quantitative estimate of drug-likeness (QED) is 0.264. The fourth-order valence-corrected chi connectivity index (χ4v) is 5.62. The molecule has 40 heavy (non-hydrogen) atoms. The highest BCUT2D eigenvalue weighted by Crippen LogP contribution is 2.26. The lowest BCUT2D eigenvalue weighted by Gasteiger charge is -2.25. The van der Waals surface area contributed by atoms with Crippen molar-refractivity contribution >= 4 is 38.3 Å². The van der Waals surface area contributed by atoms with Crippen molar-refractivity contribution in [3.05, 3.63) is 136 Å². The Balaban J connectivity index is 1.38. The number of aromatic amines is 1. The minimum absolute atomic E-state index is 0.00776. The van der Waals surface area contributed by atoms with Crippen molar-refractivity contribution < 1.29 is 18.0 Å². The largest absolute Gasteiger partial charge is 0.290 e. The van der Waals surface area contributed by atoms with Crippen LogP contribution >= 0.6 is 0 Å². The van der Waals surface area contributed by atoms with E-state index in [4.69, 9.17) is 0 Å². The van der Waals surface area contributed by atoms with Crippen molar-refractivity contribution in [1.82, 2.24) is 21.0 Å². The van der Waals surface area contributed by atoms with E-state index in [1.807, 2.05) is 30.3 Å². The van der Waals surface area contributed by atoms with E-state index < -0.39 is 27.4 Å². The summed E-state index contributed by atoms with van der Waals surface area (Å²) >= 11 is 0. The number of amides is 2. The van der Waals surface area contributed by atoms with Crippen molar-refractivity contribution in [2.45, 2.75) is 11.4 Å². The number of para-hydroxylation sites is 1. The molecule has 0 bridgehead atoms. The highest BCUT2D eigenvalue weighted by atomic mass is 32.2. The fourth-order valence-electron chi connectivity index (χ4n) is 4.12. The Morgan fingerprint density at radius 3 is 2.10 bits per heavy atom. The van der Waals surface area contributed by atoms with E-state index in [1.165, 1.54) is 28.6 Å². The van der Waals surface area contributed by atoms with Crippen LogP contribution in [0, 0.1) is 0 Å². The van der Waals surface area contributed by atoms with Crippen LogP contribution in [0.5, 0.6) is 0 Å². The maximum Gasteiger partial charge on any atom is 0.290 e. The van der Waals surface area contributed by atoms with Crippen molar-refractivity contribution in [3.63, 3.8) is 0 Å². The molecular formula is C29H23N5O5S. The molecule has 2 amide bonds. The Hall–Kier alpha value is -5.29. The average molecular weight is 554 g/mol. The predicted octanol–water partition coefficient (Wildman–Crippen LogP) is 3.39. The van der Waals surface area contributed by atoms with Gasteiger partial charge in [-0.1, -0.05) is 72.8 Å². The van der Waals surface area contributed by atoms with Crippen molar-refractivity contribution in [1.29, 1.82) is 0 Å². The van der Waals surface area contributed by atoms with Gasteiger partial charge in [0.05, 0.1) is 22.5 Å². The Labute approximate surface area is 229 Å². The summed E-state index contributed by atoms with van der Waals surface area (Å²) in [5, 5.41) is 6.64. The van der Waals surface area contributed by atoms with E-state index in [0.29, 0.717) is 11.1 Å². The number of hydrogen-bond acceptors (Lipinski definition) is 6. The first kappa shape index (κ1) is 26.3. The summed E-state index contributed by atoms with van der Waals surface area (Å²) < 4.78 is 28.9. The number of aromatic nitrogens is 2. The fraction of sp³-hybridized carbons (Fsp3) is 0.0345. The summed E-state index contributed by atoms with van der Waals surface area (Å²) in [4.78, 5) is 37.5. The van der Waals surface area contributed by atoms with E-state index in [2.05, 4.69) is 21.0 Å². The zero-order valence-corrected chi connectivity index (χ0v) is 21.8. The van der Waals surface area contributed by atoms with Crippen LogP contribution in [0.25, 0.3) is 10.8 Å². The standard InChI is InChI=1S/C29H23N5O5S/c35-27(31-33-29(37)26-24-16-7-8-17-25(24)28(36)32-30-26)21-12-9-15-23(18-21)40(38,39)34(22-13-5-2-6-14-22)19-20-10-3-1-4-11-20/h1-18H,19H2,(H,31,35)(H,32,36)(H,33,37). The minimum atomic E-state index is -4.09. The molecule has 1 heterocycles. The number of carbonyl (C=O) groups excluding carboxylic acids is 2. The number of nitrogens with zero attached hydrogens (tertiary/aromatic N) is 2. The van der Waals surface area contributed by atoms with E-state index in [1.54, 1.807) is 54.6 Å². The van der Waals surface area contributed by atoms with Gasteiger partial charge in [0.1, 0.15) is 0 Å². The molecule has 0 saturated carbocycles. The van der Waals surface area contributed by atoms with E-state index in [0.717, 1.165) is 5.56 Å². The summed E-state index contributed by atoms with van der Waals surface area (Å²) in [6.45, 7) is 0.0831. The molecule has 0 atom stereocenters. The summed E-state index contributed by atoms with van der Waals surface area (Å²) in [7, 11) is -4.09. The molecule has 0 aliphatic carbocycles. The lowest BCUT2D eigenvalue weighted by Crippen LogP contribution is -2.42. The molecule has 11 heteroatoms. The summed E-state index contributed by atoms with van der Waals surface area (Å²) in [5.41, 5.74) is 5.26. The molecule has 1 aromatic heterocycles. The van der Waals surface area contributed by atoms with Gasteiger partial charge in [-0.25, -0.2) is 13.5 Å². The first-order chi connectivity index (χ1) is 19.3. The van der Waals surface area contributed by atoms with Gasteiger partial charge >= 0.3 is 0 Å². The molecule has 5 aromatic rings. The van der Waals surface area contributed by atoms with Crippen LogP contribution in [0.1, 0.15) is 26.4 Å². The molecule has 5 rings (SSSR count). The summed E-state index contributed by atoms with van der Waals surface area (Å²) in [6.07, 6.45) is 0. The molecule has 200 valence electrons. The molecule has 0 radical (unpaired) electrons. The molecule has 3 N–H and O–H groups in total. The third-order valence-corrected chi connectivity index (χ3v) is 7.87. The lowest BCUT2D eigenvalue weighted by atomic mass is 10.1. The van der Waals surface area contributed by atoms with Crippen LogP contribution in [-0.2, 0) is 16.6 Å². The van der Waals surface area contributed by atoms with E-state index in [-0.39, 0.29) is 28.1 Å². The van der Waals surface area contributed by atoms with Crippen LogP contribution < -0.4 is 20.7 Å². The predicted molar refractivity (Wildman–Crippen MR) is 150 cm³/mol. The molecular weight excluding hydrogens is 530 g/mol. The number of anilines is 1. The molecule has 0 unspecified atom stereocenters. The van der Waals surface area contributed by atoms with Crippen LogP contribution in [0.2, 0.25) is 0 Å². The second kappa shape index (κ2) is 11.2. The second-order valence-corrected chi connectivity index (χ2v) is 10.6. The molecule has 4 aromatic carbocycles. The Morgan fingerprint density at radius 2 is 1.38 bits per heavy atom. The molecule has 0 spiro atoms. The number of sulfonamides is 1. The molecule has 10 nitrogen and oxygen atoms in total. The normalized spacial score (nSPS) is 11.1. The van der Waals surface area contributed by atoms with Gasteiger partial charge in [0.2, 0.25) is 0 Å². The van der Waals surface area contributed by atoms with Crippen LogP contribution in [-0.4, -0.2) is 30.4 Å². The van der Waals surface area contributed by atoms with Gasteiger partial charge in [-0.05, 0) is 42.0 Å². The number of hydrazine groups is 1. The molecule has 0 aliphatic heterocycles. The molecule has 0 fully saturated rings. The van der Waals surface area contributed by atoms with Crippen molar-refractivity contribution in [3.8, 4) is 0 Å². The highest BCUT2D eigenvalue weighted by molar-refractivity contribution is 7.92. The Morgan fingerprint density at radius 1 is 0.750 bits per heavy atom. The van der Waals surface area contributed by atoms with Crippen molar-refractivity contribution in [2.75, 3.05) is 4.31 Å². The van der Waals surface area contributed by atoms with Crippen LogP contribution in [0.4, 0.5) is 5.69 Å². The third-order valence-electron chi connectivity index (χ3n) is 6.10. The smallest absolute Gasteiger partial charge is 0.267 e. The maximum absolute atomic E-state index is 13.8. The highest BCUT2D eigenvalue weighted by Gasteiger charge is 2.26. The number of carbonyl (C=O) groups is 2. The Kier molecular flexibility index (Phi) is 7.38. The topological polar surface area (TPSA) is 141 Å². The van der Waals surface area contributed by atoms with Gasteiger partial charge in [-0.3, -0.25) is 29.5 Å². The van der Waals surface area contributed by atoms with Crippen LogP contribution in [0.3, 0.4) is 0 Å². The zero-order valence-electron chi connectivity index (χ0n) is 20.9. The number of hydrogen-bond donors (Lipinski definition) is 3. The summed E-state index contributed by atoms with van der Waals surface area (Å²) in [6, 6.07) is 29.8. The van der Waals surface area contributed by atoms with Gasteiger partial charge in [0, 0.05) is 10.9 Å². The number of nitrogens with one attached hydrogen (secondary N) is 3. The average Bonchev–Trinajstić information content (AvgIpc) is 3.00. The first-order valence-electron chi connectivity index (χ1n) is 12.1. The number of fused-ring (bicyclic) bond motifs is 1. The second-order valence-electron chi connectivity index (χ2n) is 8.72. The third kappa shape index (κ3) is 5.45. The van der Waals surface area contributed by atoms with Gasteiger partial charge < -0.3 is 0 Å². The van der Waals surface area contributed by atoms with Crippen molar-refractivity contribution in [2.24, 2.45) is 0 Å².